The summed E-state index contributed by atoms with van der Waals surface area (Å²) in [5, 5.41) is 5.67. The Kier molecular flexibility index (Phi) is 9.42. The summed E-state index contributed by atoms with van der Waals surface area (Å²) in [4.78, 5) is 23.9. The van der Waals surface area contributed by atoms with Crippen molar-refractivity contribution >= 4 is 34.9 Å². The van der Waals surface area contributed by atoms with Gasteiger partial charge in [-0.3, -0.25) is 9.59 Å². The number of ether oxygens (including phenoxy) is 2. The van der Waals surface area contributed by atoms with Crippen molar-refractivity contribution in [2.45, 2.75) is 25.9 Å². The fourth-order valence-electron chi connectivity index (χ4n) is 2.94. The Morgan fingerprint density at radius 1 is 0.788 bits per heavy atom. The monoisotopic (exact) mass is 462 g/mol. The summed E-state index contributed by atoms with van der Waals surface area (Å²) >= 11 is 5.17. The van der Waals surface area contributed by atoms with E-state index in [-0.39, 0.29) is 30.5 Å². The van der Waals surface area contributed by atoms with Crippen LogP contribution in [0.2, 0.25) is 0 Å². The summed E-state index contributed by atoms with van der Waals surface area (Å²) in [7, 11) is 0. The minimum Gasteiger partial charge on any atom is -0.489 e. The first-order valence-corrected chi connectivity index (χ1v) is 11.1. The molecule has 0 unspecified atom stereocenters. The molecule has 33 heavy (non-hydrogen) atoms. The third-order valence-corrected chi connectivity index (χ3v) is 4.87. The molecule has 0 aliphatic rings. The van der Waals surface area contributed by atoms with Gasteiger partial charge in [-0.05, 0) is 47.6 Å². The number of benzene rings is 3. The fraction of sp³-hybridized carbons (Fsp3) is 0.192. The van der Waals surface area contributed by atoms with E-state index < -0.39 is 5.97 Å². The van der Waals surface area contributed by atoms with Crippen LogP contribution in [0.15, 0.2) is 84.9 Å². The number of carbonyl (C=O) groups excluding carboxylic acids is 2. The van der Waals surface area contributed by atoms with Crippen molar-refractivity contribution in [3.63, 3.8) is 0 Å². The maximum Gasteiger partial charge on any atom is 0.306 e. The number of thiocarbonyl (C=S) groups is 1. The molecule has 0 heterocycles. The highest BCUT2D eigenvalue weighted by Crippen LogP contribution is 2.17. The van der Waals surface area contributed by atoms with Crippen molar-refractivity contribution in [1.82, 2.24) is 5.32 Å². The van der Waals surface area contributed by atoms with Crippen LogP contribution in [0.3, 0.4) is 0 Å². The molecule has 0 bridgehead atoms. The largest absolute Gasteiger partial charge is 0.489 e. The second-order valence-corrected chi connectivity index (χ2v) is 7.67. The Hall–Kier alpha value is -3.71. The van der Waals surface area contributed by atoms with Gasteiger partial charge < -0.3 is 20.1 Å². The number of nitrogens with one attached hydrogen (secondary N) is 2. The minimum atomic E-state index is -0.411. The topological polar surface area (TPSA) is 76.7 Å². The fourth-order valence-corrected chi connectivity index (χ4v) is 3.17. The van der Waals surface area contributed by atoms with Crippen molar-refractivity contribution in [2.24, 2.45) is 0 Å². The van der Waals surface area contributed by atoms with Crippen LogP contribution in [-0.4, -0.2) is 23.6 Å². The lowest BCUT2D eigenvalue weighted by Gasteiger charge is -2.11. The van der Waals surface area contributed by atoms with Gasteiger partial charge in [-0.15, -0.1) is 0 Å². The zero-order valence-corrected chi connectivity index (χ0v) is 19.0. The van der Waals surface area contributed by atoms with Gasteiger partial charge in [-0.2, -0.15) is 0 Å². The third-order valence-electron chi connectivity index (χ3n) is 4.67. The maximum absolute atomic E-state index is 12.1. The van der Waals surface area contributed by atoms with Crippen molar-refractivity contribution in [3.05, 3.63) is 96.1 Å². The van der Waals surface area contributed by atoms with E-state index in [1.165, 1.54) is 0 Å². The Morgan fingerprint density at radius 3 is 2.09 bits per heavy atom. The molecule has 2 N–H and O–H groups in total. The second-order valence-electron chi connectivity index (χ2n) is 7.26. The van der Waals surface area contributed by atoms with E-state index in [9.17, 15) is 9.59 Å². The first-order chi connectivity index (χ1) is 16.1. The van der Waals surface area contributed by atoms with Crippen LogP contribution in [0, 0.1) is 0 Å². The van der Waals surface area contributed by atoms with Gasteiger partial charge in [-0.25, -0.2) is 0 Å². The molecular formula is C26H26N2O4S. The highest BCUT2D eigenvalue weighted by Gasteiger charge is 2.10. The molecule has 0 aliphatic heterocycles. The number of hydrogen-bond acceptors (Lipinski definition) is 5. The quantitative estimate of drug-likeness (QED) is 0.338. The van der Waals surface area contributed by atoms with Gasteiger partial charge in [-0.1, -0.05) is 60.7 Å². The average molecular weight is 463 g/mol. The van der Waals surface area contributed by atoms with Crippen LogP contribution < -0.4 is 15.4 Å². The molecular weight excluding hydrogens is 436 g/mol. The van der Waals surface area contributed by atoms with Gasteiger partial charge >= 0.3 is 5.97 Å². The smallest absolute Gasteiger partial charge is 0.306 e. The van der Waals surface area contributed by atoms with Crippen LogP contribution in [0.4, 0.5) is 5.69 Å². The lowest BCUT2D eigenvalue weighted by atomic mass is 10.2. The lowest BCUT2D eigenvalue weighted by Crippen LogP contribution is -2.34. The lowest BCUT2D eigenvalue weighted by molar-refractivity contribution is -0.144. The van der Waals surface area contributed by atoms with Gasteiger partial charge in [0.1, 0.15) is 12.4 Å². The van der Waals surface area contributed by atoms with E-state index in [2.05, 4.69) is 10.6 Å². The summed E-state index contributed by atoms with van der Waals surface area (Å²) in [6, 6.07) is 26.9. The summed E-state index contributed by atoms with van der Waals surface area (Å²) in [5.41, 5.74) is 2.90. The number of rotatable bonds is 10. The molecule has 0 radical (unpaired) electrons. The van der Waals surface area contributed by atoms with Crippen molar-refractivity contribution in [3.8, 4) is 5.75 Å². The average Bonchev–Trinajstić information content (AvgIpc) is 2.83. The molecule has 0 spiro atoms. The van der Waals surface area contributed by atoms with E-state index >= 15 is 0 Å². The predicted octanol–water partition coefficient (Wildman–Crippen LogP) is 4.64. The van der Waals surface area contributed by atoms with Crippen molar-refractivity contribution in [1.29, 1.82) is 0 Å². The van der Waals surface area contributed by atoms with Crippen molar-refractivity contribution in [2.75, 3.05) is 11.9 Å². The molecule has 7 heteroatoms. The summed E-state index contributed by atoms with van der Waals surface area (Å²) < 4.78 is 10.9. The molecule has 0 saturated heterocycles. The van der Waals surface area contributed by atoms with E-state index in [1.807, 2.05) is 84.9 Å². The summed E-state index contributed by atoms with van der Waals surface area (Å²) in [5.74, 6) is -0.0356. The Bertz CT molecular complexity index is 1040. The molecule has 1 amide bonds. The van der Waals surface area contributed by atoms with Gasteiger partial charge in [0.25, 0.3) is 0 Å². The third kappa shape index (κ3) is 9.13. The Balaban J connectivity index is 1.31. The molecule has 0 aromatic heterocycles. The molecule has 0 atom stereocenters. The number of amides is 1. The first kappa shape index (κ1) is 23.9. The van der Waals surface area contributed by atoms with Crippen LogP contribution in [0.25, 0.3) is 0 Å². The van der Waals surface area contributed by atoms with Crippen molar-refractivity contribution < 1.29 is 19.1 Å². The molecule has 0 fully saturated rings. The predicted molar refractivity (Wildman–Crippen MR) is 132 cm³/mol. The molecule has 6 nitrogen and oxygen atoms in total. The van der Waals surface area contributed by atoms with E-state index in [0.29, 0.717) is 18.7 Å². The van der Waals surface area contributed by atoms with Gasteiger partial charge in [0.05, 0.1) is 13.0 Å². The second kappa shape index (κ2) is 13.0. The van der Waals surface area contributed by atoms with Gasteiger partial charge in [0, 0.05) is 18.5 Å². The number of carbonyl (C=O) groups is 2. The van der Waals surface area contributed by atoms with Gasteiger partial charge in [0.15, 0.2) is 5.11 Å². The van der Waals surface area contributed by atoms with Crippen LogP contribution in [0.5, 0.6) is 5.75 Å². The standard InChI is InChI=1S/C26H26N2O4S/c29-24(15-16-25(30)31-18-17-20-7-3-1-4-8-20)28-26(33)27-22-11-13-23(14-12-22)32-19-21-9-5-2-6-10-21/h1-14H,15-19H2,(H2,27,28,29,33). The van der Waals surface area contributed by atoms with Gasteiger partial charge in [0.2, 0.25) is 5.91 Å². The van der Waals surface area contributed by atoms with E-state index in [0.717, 1.165) is 16.9 Å². The zero-order chi connectivity index (χ0) is 23.3. The number of anilines is 1. The minimum absolute atomic E-state index is 0.00173. The normalized spacial score (nSPS) is 10.2. The molecule has 170 valence electrons. The number of esters is 1. The van der Waals surface area contributed by atoms with Crippen LogP contribution >= 0.6 is 12.2 Å². The maximum atomic E-state index is 12.1. The van der Waals surface area contributed by atoms with Crippen LogP contribution in [0.1, 0.15) is 24.0 Å². The van der Waals surface area contributed by atoms with Crippen LogP contribution in [-0.2, 0) is 27.4 Å². The number of hydrogen-bond donors (Lipinski definition) is 2. The van der Waals surface area contributed by atoms with E-state index in [1.54, 1.807) is 0 Å². The molecule has 0 saturated carbocycles. The summed E-state index contributed by atoms with van der Waals surface area (Å²) in [6.07, 6.45) is 0.637. The molecule has 3 rings (SSSR count). The summed E-state index contributed by atoms with van der Waals surface area (Å²) in [6.45, 7) is 0.770. The first-order valence-electron chi connectivity index (χ1n) is 10.7. The SMILES string of the molecule is O=C(CCC(=O)OCCc1ccccc1)NC(=S)Nc1ccc(OCc2ccccc2)cc1. The highest BCUT2D eigenvalue weighted by atomic mass is 32.1. The Morgan fingerprint density at radius 2 is 1.42 bits per heavy atom. The van der Waals surface area contributed by atoms with E-state index in [4.69, 9.17) is 21.7 Å². The molecule has 3 aromatic carbocycles. The molecule has 0 aliphatic carbocycles. The Labute approximate surface area is 198 Å². The highest BCUT2D eigenvalue weighted by molar-refractivity contribution is 7.80. The zero-order valence-electron chi connectivity index (χ0n) is 18.2. The molecule has 3 aromatic rings.